The number of thiazole rings is 1. The molecule has 0 aliphatic carbocycles. The summed E-state index contributed by atoms with van der Waals surface area (Å²) in [6, 6.07) is 23.9. The average Bonchev–Trinajstić information content (AvgIpc) is 3.40. The Balaban J connectivity index is 1.49. The summed E-state index contributed by atoms with van der Waals surface area (Å²) in [4.78, 5) is 33.1. The Morgan fingerprint density at radius 3 is 2.56 bits per heavy atom. The van der Waals surface area contributed by atoms with E-state index in [4.69, 9.17) is 23.9 Å². The molecule has 0 radical (unpaired) electrons. The summed E-state index contributed by atoms with van der Waals surface area (Å²) in [5, 5.41) is 11.3. The number of rotatable bonds is 9. The van der Waals surface area contributed by atoms with Gasteiger partial charge >= 0.3 is 5.97 Å². The maximum absolute atomic E-state index is 14.4. The lowest BCUT2D eigenvalue weighted by Crippen LogP contribution is -2.40. The maximum Gasteiger partial charge on any atom is 0.338 e. The number of hydrogen-bond acceptors (Lipinski definition) is 9. The van der Waals surface area contributed by atoms with Gasteiger partial charge in [-0.2, -0.15) is 5.26 Å². The molecule has 1 aromatic heterocycles. The second kappa shape index (κ2) is 14.0. The largest absolute Gasteiger partial charge is 0.496 e. The highest BCUT2D eigenvalue weighted by Crippen LogP contribution is 2.40. The predicted octanol–water partition coefficient (Wildman–Crippen LogP) is 6.02. The Hall–Kier alpha value is -4.93. The highest BCUT2D eigenvalue weighted by atomic mass is 127. The predicted molar refractivity (Wildman–Crippen MR) is 192 cm³/mol. The van der Waals surface area contributed by atoms with Crippen LogP contribution in [0.4, 0.5) is 0 Å². The molecule has 1 atom stereocenters. The summed E-state index contributed by atoms with van der Waals surface area (Å²) in [5.41, 5.74) is 3.13. The molecule has 9 nitrogen and oxygen atoms in total. The maximum atomic E-state index is 14.4. The SMILES string of the molecule is CCOC(=O)C1=C(C)N=c2s/c(=C/c3cc(I)c(OCc4ccccc4C#N)c(OC)c3)c(=O)n2[C@@H]1c1c(OC)ccc2ccccc12. The van der Waals surface area contributed by atoms with Crippen molar-refractivity contribution in [3.63, 3.8) is 0 Å². The van der Waals surface area contributed by atoms with Crippen molar-refractivity contribution in [2.24, 2.45) is 4.99 Å². The number of halogens is 1. The minimum atomic E-state index is -0.842. The standard InChI is InChI=1S/C37H30IN3O6S/c1-5-46-36(43)31-21(2)40-37-41(33(31)32-26-13-9-8-10-23(26)14-15-28(32)44-3)35(42)30(48-37)18-22-16-27(38)34(29(17-22)45-4)47-20-25-12-7-6-11-24(25)19-39/h6-18,33H,5,20H2,1-4H3/b30-18+/t33-/m0/s1. The number of aromatic nitrogens is 1. The monoisotopic (exact) mass is 771 g/mol. The Morgan fingerprint density at radius 2 is 1.81 bits per heavy atom. The number of carbonyl (C=O) groups is 1. The smallest absolute Gasteiger partial charge is 0.338 e. The highest BCUT2D eigenvalue weighted by Gasteiger charge is 2.36. The van der Waals surface area contributed by atoms with E-state index in [0.29, 0.717) is 49.0 Å². The van der Waals surface area contributed by atoms with Crippen LogP contribution >= 0.6 is 33.9 Å². The number of nitrogens with zero attached hydrogens (tertiary/aromatic N) is 3. The van der Waals surface area contributed by atoms with Crippen molar-refractivity contribution in [3.05, 3.63) is 130 Å². The molecule has 0 saturated carbocycles. The normalized spacial score (nSPS) is 14.2. The molecule has 6 rings (SSSR count). The Labute approximate surface area is 294 Å². The van der Waals surface area contributed by atoms with Gasteiger partial charge in [-0.1, -0.05) is 59.9 Å². The van der Waals surface area contributed by atoms with Crippen molar-refractivity contribution in [1.29, 1.82) is 5.26 Å². The lowest BCUT2D eigenvalue weighted by atomic mass is 9.90. The summed E-state index contributed by atoms with van der Waals surface area (Å²) in [6.45, 7) is 3.86. The lowest BCUT2D eigenvalue weighted by Gasteiger charge is -2.27. The van der Waals surface area contributed by atoms with Crippen LogP contribution in [0.25, 0.3) is 16.8 Å². The van der Waals surface area contributed by atoms with E-state index < -0.39 is 12.0 Å². The van der Waals surface area contributed by atoms with Gasteiger partial charge in [0.25, 0.3) is 5.56 Å². The van der Waals surface area contributed by atoms with Gasteiger partial charge in [-0.05, 0) is 83.1 Å². The van der Waals surface area contributed by atoms with Gasteiger partial charge in [0, 0.05) is 11.1 Å². The van der Waals surface area contributed by atoms with Gasteiger partial charge in [-0.15, -0.1) is 0 Å². The molecule has 4 aromatic carbocycles. The lowest BCUT2D eigenvalue weighted by molar-refractivity contribution is -0.139. The van der Waals surface area contributed by atoms with Gasteiger partial charge in [-0.3, -0.25) is 9.36 Å². The minimum absolute atomic E-state index is 0.171. The number of allylic oxidation sites excluding steroid dienone is 1. The first-order valence-corrected chi connectivity index (χ1v) is 16.9. The summed E-state index contributed by atoms with van der Waals surface area (Å²) in [6.07, 6.45) is 1.78. The van der Waals surface area contributed by atoms with Gasteiger partial charge in [-0.25, -0.2) is 9.79 Å². The van der Waals surface area contributed by atoms with Crippen LogP contribution in [0, 0.1) is 14.9 Å². The molecule has 0 spiro atoms. The van der Waals surface area contributed by atoms with Crippen molar-refractivity contribution in [2.75, 3.05) is 20.8 Å². The van der Waals surface area contributed by atoms with Crippen molar-refractivity contribution in [1.82, 2.24) is 4.57 Å². The first kappa shape index (κ1) is 33.0. The van der Waals surface area contributed by atoms with Gasteiger partial charge in [0.05, 0.1) is 51.8 Å². The van der Waals surface area contributed by atoms with E-state index in [1.165, 1.54) is 11.3 Å². The number of carbonyl (C=O) groups excluding carboxylic acids is 1. The number of benzene rings is 4. The first-order valence-electron chi connectivity index (χ1n) is 15.0. The van der Waals surface area contributed by atoms with Crippen LogP contribution in [0.3, 0.4) is 0 Å². The van der Waals surface area contributed by atoms with Crippen molar-refractivity contribution >= 4 is 56.7 Å². The molecular weight excluding hydrogens is 741 g/mol. The van der Waals surface area contributed by atoms with Gasteiger partial charge < -0.3 is 18.9 Å². The Morgan fingerprint density at radius 1 is 1.06 bits per heavy atom. The van der Waals surface area contributed by atoms with Crippen molar-refractivity contribution < 1.29 is 23.7 Å². The molecule has 2 heterocycles. The molecule has 5 aromatic rings. The third kappa shape index (κ3) is 6.09. The number of nitriles is 1. The number of hydrogen-bond donors (Lipinski definition) is 0. The molecule has 0 amide bonds. The number of esters is 1. The minimum Gasteiger partial charge on any atom is -0.496 e. The van der Waals surface area contributed by atoms with E-state index in [0.717, 1.165) is 19.9 Å². The van der Waals surface area contributed by atoms with E-state index in [1.54, 1.807) is 50.8 Å². The van der Waals surface area contributed by atoms with Crippen LogP contribution in [0.2, 0.25) is 0 Å². The second-order valence-electron chi connectivity index (χ2n) is 10.8. The molecule has 0 bridgehead atoms. The van der Waals surface area contributed by atoms with E-state index >= 15 is 0 Å². The summed E-state index contributed by atoms with van der Waals surface area (Å²) in [5.74, 6) is 1.01. The molecule has 0 fully saturated rings. The quantitative estimate of drug-likeness (QED) is 0.133. The first-order chi connectivity index (χ1) is 23.3. The zero-order valence-corrected chi connectivity index (χ0v) is 29.5. The fraction of sp³-hybridized carbons (Fsp3) is 0.189. The fourth-order valence-electron chi connectivity index (χ4n) is 5.82. The van der Waals surface area contributed by atoms with Gasteiger partial charge in [0.1, 0.15) is 18.4 Å². The topological polar surface area (TPSA) is 112 Å². The van der Waals surface area contributed by atoms with E-state index in [1.807, 2.05) is 60.7 Å². The Kier molecular flexibility index (Phi) is 9.66. The molecule has 0 saturated heterocycles. The van der Waals surface area contributed by atoms with Crippen LogP contribution in [0.15, 0.2) is 93.9 Å². The molecule has 48 heavy (non-hydrogen) atoms. The summed E-state index contributed by atoms with van der Waals surface area (Å²) in [7, 11) is 3.12. The van der Waals surface area contributed by atoms with Crippen LogP contribution < -0.4 is 29.1 Å². The Bertz CT molecular complexity index is 2340. The molecular formula is C37H30IN3O6S. The van der Waals surface area contributed by atoms with E-state index in [-0.39, 0.29) is 24.3 Å². The average molecular weight is 772 g/mol. The van der Waals surface area contributed by atoms with Gasteiger partial charge in [0.15, 0.2) is 16.3 Å². The zero-order chi connectivity index (χ0) is 33.9. The molecule has 1 aliphatic rings. The molecule has 242 valence electrons. The van der Waals surface area contributed by atoms with Gasteiger partial charge in [0.2, 0.25) is 0 Å². The highest BCUT2D eigenvalue weighted by molar-refractivity contribution is 14.1. The second-order valence-corrected chi connectivity index (χ2v) is 13.0. The molecule has 0 N–H and O–H groups in total. The number of methoxy groups -OCH3 is 2. The number of ether oxygens (including phenoxy) is 4. The van der Waals surface area contributed by atoms with Crippen molar-refractivity contribution in [2.45, 2.75) is 26.5 Å². The number of fused-ring (bicyclic) bond motifs is 2. The fourth-order valence-corrected chi connectivity index (χ4v) is 7.65. The van der Waals surface area contributed by atoms with Crippen LogP contribution in [-0.2, 0) is 16.1 Å². The van der Waals surface area contributed by atoms with Crippen LogP contribution in [0.5, 0.6) is 17.2 Å². The molecule has 1 aliphatic heterocycles. The third-order valence-electron chi connectivity index (χ3n) is 8.00. The summed E-state index contributed by atoms with van der Waals surface area (Å²) >= 11 is 3.41. The van der Waals surface area contributed by atoms with E-state index in [9.17, 15) is 14.9 Å². The summed E-state index contributed by atoms with van der Waals surface area (Å²) < 4.78 is 25.9. The van der Waals surface area contributed by atoms with E-state index in [2.05, 4.69) is 28.7 Å². The van der Waals surface area contributed by atoms with Crippen LogP contribution in [0.1, 0.15) is 42.1 Å². The van der Waals surface area contributed by atoms with Crippen molar-refractivity contribution in [3.8, 4) is 23.3 Å². The third-order valence-corrected chi connectivity index (χ3v) is 9.78. The zero-order valence-electron chi connectivity index (χ0n) is 26.6. The molecule has 11 heteroatoms. The molecule has 0 unspecified atom stereocenters. The van der Waals surface area contributed by atoms with Crippen LogP contribution in [-0.4, -0.2) is 31.4 Å².